The first-order valence-corrected chi connectivity index (χ1v) is 5.83. The van der Waals surface area contributed by atoms with E-state index in [1.54, 1.807) is 30.3 Å². The molecule has 19 heavy (non-hydrogen) atoms. The van der Waals surface area contributed by atoms with E-state index in [1.807, 2.05) is 6.92 Å². The summed E-state index contributed by atoms with van der Waals surface area (Å²) in [6.45, 7) is 1.96. The van der Waals surface area contributed by atoms with Crippen molar-refractivity contribution in [3.05, 3.63) is 65.0 Å². The summed E-state index contributed by atoms with van der Waals surface area (Å²) < 4.78 is 17.9. The van der Waals surface area contributed by atoms with Crippen molar-refractivity contribution in [1.82, 2.24) is 0 Å². The Morgan fingerprint density at radius 3 is 2.53 bits per heavy atom. The predicted molar refractivity (Wildman–Crippen MR) is 71.1 cm³/mol. The maximum atomic E-state index is 12.7. The molecule has 0 aliphatic heterocycles. The molecule has 2 rings (SSSR count). The molecule has 0 saturated heterocycles. The Hall–Kier alpha value is -2.36. The van der Waals surface area contributed by atoms with Gasteiger partial charge in [0.15, 0.2) is 0 Å². The molecule has 0 aliphatic rings. The van der Waals surface area contributed by atoms with E-state index in [1.165, 1.54) is 12.1 Å². The molecule has 4 heteroatoms. The summed E-state index contributed by atoms with van der Waals surface area (Å²) in [5.74, 6) is -0.763. The van der Waals surface area contributed by atoms with Gasteiger partial charge in [0, 0.05) is 5.69 Å². The molecule has 0 atom stereocenters. The minimum Gasteiger partial charge on any atom is -0.457 e. The molecule has 0 aromatic heterocycles. The number of ether oxygens (including phenoxy) is 1. The molecule has 3 nitrogen and oxygen atoms in total. The van der Waals surface area contributed by atoms with Gasteiger partial charge in [0.05, 0.1) is 5.56 Å². The zero-order chi connectivity index (χ0) is 13.8. The van der Waals surface area contributed by atoms with Crippen LogP contribution in [0.15, 0.2) is 42.5 Å². The quantitative estimate of drug-likeness (QED) is 0.680. The summed E-state index contributed by atoms with van der Waals surface area (Å²) in [5.41, 5.74) is 8.24. The molecule has 0 heterocycles. The van der Waals surface area contributed by atoms with Crippen LogP contribution in [0.5, 0.6) is 0 Å². The number of carbonyl (C=O) groups excluding carboxylic acids is 1. The minimum atomic E-state index is -0.445. The van der Waals surface area contributed by atoms with E-state index in [2.05, 4.69) is 0 Å². The van der Waals surface area contributed by atoms with Gasteiger partial charge in [-0.25, -0.2) is 9.18 Å². The normalized spacial score (nSPS) is 10.2. The number of hydrogen-bond donors (Lipinski definition) is 1. The van der Waals surface area contributed by atoms with Gasteiger partial charge in [-0.15, -0.1) is 0 Å². The fourth-order valence-electron chi connectivity index (χ4n) is 1.74. The van der Waals surface area contributed by atoms with Crippen LogP contribution in [0.25, 0.3) is 0 Å². The Balaban J connectivity index is 2.03. The van der Waals surface area contributed by atoms with Gasteiger partial charge in [-0.3, -0.25) is 0 Å². The molecule has 2 aromatic rings. The third kappa shape index (κ3) is 3.55. The lowest BCUT2D eigenvalue weighted by Gasteiger charge is -2.06. The first-order valence-electron chi connectivity index (χ1n) is 5.83. The first-order chi connectivity index (χ1) is 9.04. The van der Waals surface area contributed by atoms with Gasteiger partial charge >= 0.3 is 5.97 Å². The smallest absolute Gasteiger partial charge is 0.338 e. The SMILES string of the molecule is Cc1cc(N)cc(C(=O)OCc2ccc(F)cc2)c1. The number of nitrogen functional groups attached to an aromatic ring is 1. The summed E-state index contributed by atoms with van der Waals surface area (Å²) in [4.78, 5) is 11.8. The molecule has 2 N–H and O–H groups in total. The summed E-state index contributed by atoms with van der Waals surface area (Å²) in [6.07, 6.45) is 0. The van der Waals surface area contributed by atoms with Crippen molar-refractivity contribution in [2.24, 2.45) is 0 Å². The Morgan fingerprint density at radius 1 is 1.21 bits per heavy atom. The van der Waals surface area contributed by atoms with Gasteiger partial charge in [0.2, 0.25) is 0 Å². The van der Waals surface area contributed by atoms with Crippen LogP contribution in [0.4, 0.5) is 10.1 Å². The number of nitrogens with two attached hydrogens (primary N) is 1. The van der Waals surface area contributed by atoms with Crippen LogP contribution < -0.4 is 5.73 Å². The number of esters is 1. The van der Waals surface area contributed by atoms with E-state index in [0.29, 0.717) is 11.3 Å². The summed E-state index contributed by atoms with van der Waals surface area (Å²) in [6, 6.07) is 10.9. The summed E-state index contributed by atoms with van der Waals surface area (Å²) in [7, 11) is 0. The Kier molecular flexibility index (Phi) is 3.80. The monoisotopic (exact) mass is 259 g/mol. The standard InChI is InChI=1S/C15H14FNO2/c1-10-6-12(8-14(17)7-10)15(18)19-9-11-2-4-13(16)5-3-11/h2-8H,9,17H2,1H3. The van der Waals surface area contributed by atoms with Crippen LogP contribution in [0.3, 0.4) is 0 Å². The number of halogens is 1. The minimum absolute atomic E-state index is 0.104. The van der Waals surface area contributed by atoms with Gasteiger partial charge in [-0.1, -0.05) is 12.1 Å². The molecular weight excluding hydrogens is 245 g/mol. The van der Waals surface area contributed by atoms with Crippen molar-refractivity contribution in [3.63, 3.8) is 0 Å². The van der Waals surface area contributed by atoms with E-state index in [9.17, 15) is 9.18 Å². The van der Waals surface area contributed by atoms with Crippen molar-refractivity contribution in [2.75, 3.05) is 5.73 Å². The second-order valence-electron chi connectivity index (χ2n) is 4.33. The second-order valence-corrected chi connectivity index (χ2v) is 4.33. The maximum Gasteiger partial charge on any atom is 0.338 e. The fourth-order valence-corrected chi connectivity index (χ4v) is 1.74. The van der Waals surface area contributed by atoms with Crippen molar-refractivity contribution in [2.45, 2.75) is 13.5 Å². The highest BCUT2D eigenvalue weighted by atomic mass is 19.1. The van der Waals surface area contributed by atoms with E-state index in [-0.39, 0.29) is 12.4 Å². The average Bonchev–Trinajstić information content (AvgIpc) is 2.36. The van der Waals surface area contributed by atoms with Crippen LogP contribution in [0.1, 0.15) is 21.5 Å². The van der Waals surface area contributed by atoms with Gasteiger partial charge in [-0.2, -0.15) is 0 Å². The van der Waals surface area contributed by atoms with Crippen LogP contribution >= 0.6 is 0 Å². The molecule has 0 fully saturated rings. The van der Waals surface area contributed by atoms with Crippen LogP contribution in [-0.2, 0) is 11.3 Å². The van der Waals surface area contributed by atoms with Gasteiger partial charge in [0.25, 0.3) is 0 Å². The molecule has 0 saturated carbocycles. The van der Waals surface area contributed by atoms with Crippen molar-refractivity contribution in [3.8, 4) is 0 Å². The largest absolute Gasteiger partial charge is 0.457 e. The fraction of sp³-hybridized carbons (Fsp3) is 0.133. The van der Waals surface area contributed by atoms with Gasteiger partial charge in [0.1, 0.15) is 12.4 Å². The highest BCUT2D eigenvalue weighted by Gasteiger charge is 2.08. The van der Waals surface area contributed by atoms with Crippen molar-refractivity contribution < 1.29 is 13.9 Å². The average molecular weight is 259 g/mol. The van der Waals surface area contributed by atoms with E-state index >= 15 is 0 Å². The first kappa shape index (κ1) is 13.1. The van der Waals surface area contributed by atoms with E-state index < -0.39 is 5.97 Å². The lowest BCUT2D eigenvalue weighted by Crippen LogP contribution is -2.06. The van der Waals surface area contributed by atoms with Crippen LogP contribution in [0, 0.1) is 12.7 Å². The number of benzene rings is 2. The molecule has 0 bridgehead atoms. The van der Waals surface area contributed by atoms with Crippen LogP contribution in [0.2, 0.25) is 0 Å². The molecule has 0 spiro atoms. The van der Waals surface area contributed by atoms with E-state index in [4.69, 9.17) is 10.5 Å². The lowest BCUT2D eigenvalue weighted by molar-refractivity contribution is 0.0472. The van der Waals surface area contributed by atoms with Crippen LogP contribution in [-0.4, -0.2) is 5.97 Å². The molecule has 2 aromatic carbocycles. The molecule has 0 amide bonds. The molecule has 0 unspecified atom stereocenters. The maximum absolute atomic E-state index is 12.7. The Morgan fingerprint density at radius 2 is 1.89 bits per heavy atom. The van der Waals surface area contributed by atoms with Gasteiger partial charge < -0.3 is 10.5 Å². The highest BCUT2D eigenvalue weighted by molar-refractivity contribution is 5.90. The number of aryl methyl sites for hydroxylation is 1. The highest BCUT2D eigenvalue weighted by Crippen LogP contribution is 2.13. The number of carbonyl (C=O) groups is 1. The molecule has 98 valence electrons. The number of rotatable bonds is 3. The zero-order valence-electron chi connectivity index (χ0n) is 10.5. The predicted octanol–water partition coefficient (Wildman–Crippen LogP) is 3.07. The molecular formula is C15H14FNO2. The second kappa shape index (κ2) is 5.52. The van der Waals surface area contributed by atoms with Gasteiger partial charge in [-0.05, 0) is 48.4 Å². The van der Waals surface area contributed by atoms with Crippen molar-refractivity contribution in [1.29, 1.82) is 0 Å². The Bertz CT molecular complexity index is 573. The topological polar surface area (TPSA) is 52.3 Å². The molecule has 0 aliphatic carbocycles. The lowest BCUT2D eigenvalue weighted by atomic mass is 10.1. The third-order valence-corrected chi connectivity index (χ3v) is 2.62. The van der Waals surface area contributed by atoms with Crippen molar-refractivity contribution >= 4 is 11.7 Å². The summed E-state index contributed by atoms with van der Waals surface area (Å²) in [5, 5.41) is 0. The molecule has 0 radical (unpaired) electrons. The summed E-state index contributed by atoms with van der Waals surface area (Å²) >= 11 is 0. The number of hydrogen-bond acceptors (Lipinski definition) is 3. The number of anilines is 1. The third-order valence-electron chi connectivity index (χ3n) is 2.62. The Labute approximate surface area is 110 Å². The zero-order valence-corrected chi connectivity index (χ0v) is 10.5. The van der Waals surface area contributed by atoms with E-state index in [0.717, 1.165) is 11.1 Å².